The summed E-state index contributed by atoms with van der Waals surface area (Å²) in [6, 6.07) is 14.1. The minimum absolute atomic E-state index is 0.0132. The highest BCUT2D eigenvalue weighted by Gasteiger charge is 2.73. The zero-order valence-electron chi connectivity index (χ0n) is 39.2. The molecular weight excluding hydrogens is 923 g/mol. The van der Waals surface area contributed by atoms with Crippen molar-refractivity contribution in [3.63, 3.8) is 0 Å². The molecule has 14 nitrogen and oxygen atoms in total. The van der Waals surface area contributed by atoms with Gasteiger partial charge in [-0.1, -0.05) is 61.3 Å². The average molecular weight is 984 g/mol. The number of imide groups is 1. The Bertz CT molecular complexity index is 2590. The van der Waals surface area contributed by atoms with E-state index in [4.69, 9.17) is 23.2 Å². The van der Waals surface area contributed by atoms with Gasteiger partial charge >= 0.3 is 0 Å². The molecule has 3 aromatic carbocycles. The van der Waals surface area contributed by atoms with Crippen molar-refractivity contribution in [1.29, 1.82) is 0 Å². The molecule has 0 bridgehead atoms. The summed E-state index contributed by atoms with van der Waals surface area (Å²) in [7, 11) is 0. The van der Waals surface area contributed by atoms with Gasteiger partial charge in [0.05, 0.1) is 11.1 Å². The molecule has 17 heteroatoms. The quantitative estimate of drug-likeness (QED) is 0.123. The zero-order chi connectivity index (χ0) is 48.4. The summed E-state index contributed by atoms with van der Waals surface area (Å²) in [6.07, 6.45) is 7.54. The smallest absolute Gasteiger partial charge is 0.255 e. The number of amides is 6. The molecule has 3 aromatic rings. The monoisotopic (exact) mass is 982 g/mol. The van der Waals surface area contributed by atoms with Gasteiger partial charge in [0.1, 0.15) is 17.3 Å². The lowest BCUT2D eigenvalue weighted by molar-refractivity contribution is -0.137. The van der Waals surface area contributed by atoms with Gasteiger partial charge < -0.3 is 31.1 Å². The van der Waals surface area contributed by atoms with Crippen LogP contribution in [-0.2, 0) is 35.9 Å². The summed E-state index contributed by atoms with van der Waals surface area (Å²) >= 11 is 12.9. The Morgan fingerprint density at radius 2 is 1.58 bits per heavy atom. The maximum atomic E-state index is 16.4. The van der Waals surface area contributed by atoms with Gasteiger partial charge in [0.25, 0.3) is 5.91 Å². The van der Waals surface area contributed by atoms with E-state index in [9.17, 15) is 28.8 Å². The Labute approximate surface area is 411 Å². The molecule has 6 N–H and O–H groups in total. The summed E-state index contributed by atoms with van der Waals surface area (Å²) in [6.45, 7) is 7.69. The highest BCUT2D eigenvalue weighted by molar-refractivity contribution is 6.31. The number of halogens is 3. The Balaban J connectivity index is 0.734. The van der Waals surface area contributed by atoms with Crippen LogP contribution < -0.4 is 31.9 Å². The normalized spacial score (nSPS) is 28.6. The number of rotatable bonds is 10. The maximum absolute atomic E-state index is 16.4. The van der Waals surface area contributed by atoms with Gasteiger partial charge in [-0.05, 0) is 118 Å². The third kappa shape index (κ3) is 8.58. The third-order valence-corrected chi connectivity index (χ3v) is 17.3. The average Bonchev–Trinajstić information content (AvgIpc) is 3.93. The number of fused-ring (bicyclic) bond motifs is 4. The minimum atomic E-state index is -1.34. The molecule has 3 saturated heterocycles. The largest absolute Gasteiger partial charge is 0.382 e. The van der Waals surface area contributed by atoms with Crippen molar-refractivity contribution in [3.8, 4) is 0 Å². The Morgan fingerprint density at radius 1 is 0.841 bits per heavy atom. The van der Waals surface area contributed by atoms with E-state index < -0.39 is 40.7 Å². The summed E-state index contributed by atoms with van der Waals surface area (Å²) in [5, 5.41) is 19.7. The lowest BCUT2D eigenvalue weighted by atomic mass is 9.53. The van der Waals surface area contributed by atoms with Crippen LogP contribution in [0.3, 0.4) is 0 Å². The molecule has 10 rings (SSSR count). The molecule has 2 aliphatic carbocycles. The Kier molecular flexibility index (Phi) is 12.8. The number of piperidine rings is 2. The van der Waals surface area contributed by atoms with Crippen LogP contribution in [0.15, 0.2) is 54.6 Å². The van der Waals surface area contributed by atoms with Gasteiger partial charge in [-0.25, -0.2) is 4.39 Å². The molecule has 366 valence electrons. The number of carbonyl (C=O) groups excluding carboxylic acids is 6. The summed E-state index contributed by atoms with van der Waals surface area (Å²) < 4.78 is 16.4. The molecule has 0 radical (unpaired) electrons. The van der Waals surface area contributed by atoms with Gasteiger partial charge in [0, 0.05) is 96.1 Å². The second kappa shape index (κ2) is 18.6. The summed E-state index contributed by atoms with van der Waals surface area (Å²) in [5.74, 6) is -3.26. The van der Waals surface area contributed by atoms with E-state index in [1.807, 2.05) is 18.2 Å². The summed E-state index contributed by atoms with van der Waals surface area (Å²) in [5.41, 5.74) is 1.65. The summed E-state index contributed by atoms with van der Waals surface area (Å²) in [4.78, 5) is 84.7. The van der Waals surface area contributed by atoms with Crippen LogP contribution in [0.25, 0.3) is 0 Å². The van der Waals surface area contributed by atoms with E-state index in [2.05, 4.69) is 50.6 Å². The van der Waals surface area contributed by atoms with E-state index in [0.717, 1.165) is 56.6 Å². The molecule has 5 aliphatic heterocycles. The highest BCUT2D eigenvalue weighted by Crippen LogP contribution is 2.64. The van der Waals surface area contributed by atoms with Crippen molar-refractivity contribution in [3.05, 3.63) is 92.7 Å². The van der Waals surface area contributed by atoms with Crippen molar-refractivity contribution < 1.29 is 33.2 Å². The zero-order valence-corrected chi connectivity index (χ0v) is 40.7. The topological polar surface area (TPSA) is 181 Å². The predicted octanol–water partition coefficient (Wildman–Crippen LogP) is 6.55. The molecule has 5 heterocycles. The Hall–Kier alpha value is -5.09. The third-order valence-electron chi connectivity index (χ3n) is 16.8. The lowest BCUT2D eigenvalue weighted by Gasteiger charge is -2.50. The first-order chi connectivity index (χ1) is 33.1. The molecule has 69 heavy (non-hydrogen) atoms. The van der Waals surface area contributed by atoms with E-state index in [1.54, 1.807) is 35.2 Å². The van der Waals surface area contributed by atoms with E-state index in [1.165, 1.54) is 6.07 Å². The molecule has 2 spiro atoms. The molecule has 0 aromatic heterocycles. The molecule has 5 fully saturated rings. The van der Waals surface area contributed by atoms with Crippen LogP contribution in [0.2, 0.25) is 10.0 Å². The van der Waals surface area contributed by atoms with Crippen molar-refractivity contribution in [1.82, 2.24) is 31.1 Å². The van der Waals surface area contributed by atoms with E-state index >= 15 is 4.39 Å². The molecule has 6 amide bonds. The van der Waals surface area contributed by atoms with Crippen LogP contribution in [0.1, 0.15) is 124 Å². The van der Waals surface area contributed by atoms with Crippen LogP contribution in [-0.4, -0.2) is 101 Å². The molecule has 1 unspecified atom stereocenters. The van der Waals surface area contributed by atoms with Crippen LogP contribution >= 0.6 is 23.2 Å². The second-order valence-corrected chi connectivity index (χ2v) is 22.1. The van der Waals surface area contributed by atoms with Gasteiger partial charge in [-0.3, -0.25) is 39.4 Å². The van der Waals surface area contributed by atoms with Crippen molar-refractivity contribution >= 4 is 70.0 Å². The number of nitrogens with one attached hydrogen (secondary N) is 6. The van der Waals surface area contributed by atoms with Crippen molar-refractivity contribution in [2.75, 3.05) is 36.8 Å². The number of nitrogens with zero attached hydrogens (tertiary/aromatic N) is 2. The fraction of sp³-hybridized carbons (Fsp3) is 0.538. The first kappa shape index (κ1) is 47.6. The number of likely N-dealkylation sites (tertiary alicyclic amines) is 1. The van der Waals surface area contributed by atoms with Crippen LogP contribution in [0, 0.1) is 17.2 Å². The number of benzene rings is 3. The molecule has 7 aliphatic rings. The first-order valence-corrected chi connectivity index (χ1v) is 25.5. The Morgan fingerprint density at radius 3 is 2.32 bits per heavy atom. The van der Waals surface area contributed by atoms with Crippen LogP contribution in [0.4, 0.5) is 15.8 Å². The molecular formula is C52H61Cl2FN8O6. The van der Waals surface area contributed by atoms with Gasteiger partial charge in [0.2, 0.25) is 29.5 Å². The van der Waals surface area contributed by atoms with E-state index in [-0.39, 0.29) is 70.0 Å². The number of hydrogen-bond acceptors (Lipinski definition) is 9. The first-order valence-electron chi connectivity index (χ1n) is 24.7. The second-order valence-electron chi connectivity index (χ2n) is 21.3. The number of hydrogen-bond donors (Lipinski definition) is 6. The maximum Gasteiger partial charge on any atom is 0.255 e. The SMILES string of the molecule is CC1(C)CCC2(CC1)N[C@@H](C(=O)NC1CCC(C(=O)NCCN3CCC(Nc4cccc5c4CN(C4CCC(=O)NC4=O)C5=O)CC3)CC1)[C@H](c1cccc(Cl)c1F)[C@]21C(=O)Nc2cc(Cl)ccc21. The van der Waals surface area contributed by atoms with Gasteiger partial charge in [-0.2, -0.15) is 0 Å². The van der Waals surface area contributed by atoms with Crippen molar-refractivity contribution in [2.24, 2.45) is 11.3 Å². The highest BCUT2D eigenvalue weighted by atomic mass is 35.5. The standard InChI is InChI=1S/C52H61Cl2FN8O6/c1-50(2)19-21-51(22-20-50)52(36-14-11-30(53)27-39(36)59-49(52)69)42(34-6-3-7-37(54)43(34)55)44(61-51)47(67)58-31-12-9-29(10-13-31)45(65)56-23-26-62-24-17-32(18-25-62)57-38-8-4-5-33-35(38)28-63(48(33)68)40-15-16-41(64)60-46(40)66/h3-8,11,14,27,29,31-32,40,42,44,57,61H,9-10,12-13,15-26,28H2,1-2H3,(H,56,65)(H,58,67)(H,59,69)(H,60,64,66)/t29?,31?,40?,42-,44+,52+/m0/s1. The fourth-order valence-electron chi connectivity index (χ4n) is 12.9. The minimum Gasteiger partial charge on any atom is -0.382 e. The fourth-order valence-corrected chi connectivity index (χ4v) is 13.3. The lowest BCUT2D eigenvalue weighted by Crippen LogP contribution is -2.61. The van der Waals surface area contributed by atoms with Gasteiger partial charge in [-0.15, -0.1) is 0 Å². The number of carbonyl (C=O) groups is 6. The predicted molar refractivity (Wildman–Crippen MR) is 260 cm³/mol. The van der Waals surface area contributed by atoms with Crippen LogP contribution in [0.5, 0.6) is 0 Å². The molecule has 2 saturated carbocycles. The van der Waals surface area contributed by atoms with Gasteiger partial charge in [0.15, 0.2) is 0 Å². The van der Waals surface area contributed by atoms with E-state index in [0.29, 0.717) is 79.9 Å². The molecule has 4 atom stereocenters. The number of anilines is 2. The van der Waals surface area contributed by atoms with Crippen molar-refractivity contribution in [2.45, 2.75) is 138 Å².